The Hall–Kier alpha value is -0.830. The van der Waals surface area contributed by atoms with Crippen molar-refractivity contribution < 1.29 is 8.81 Å². The molecule has 10 heavy (non-hydrogen) atoms. The second-order valence-corrected chi connectivity index (χ2v) is 2.10. The zero-order chi connectivity index (χ0) is 7.40. The highest BCUT2D eigenvalue weighted by Crippen LogP contribution is 2.19. The van der Waals surface area contributed by atoms with Crippen molar-refractivity contribution in [2.24, 2.45) is 5.73 Å². The van der Waals surface area contributed by atoms with Crippen LogP contribution in [-0.2, 0) is 0 Å². The summed E-state index contributed by atoms with van der Waals surface area (Å²) in [6, 6.07) is 1.61. The molecule has 1 rings (SSSR count). The normalized spacial score (nSPS) is 13.4. The van der Waals surface area contributed by atoms with Gasteiger partial charge in [-0.25, -0.2) is 4.39 Å². The summed E-state index contributed by atoms with van der Waals surface area (Å²) in [4.78, 5) is 0. The standard InChI is InChI=1S/C7H10FNO/c8-7(1-3-9)6-2-4-10-5-6/h2,4-5,7H,1,3,9H2. The molecule has 2 N–H and O–H groups in total. The van der Waals surface area contributed by atoms with Crippen molar-refractivity contribution in [3.05, 3.63) is 24.2 Å². The van der Waals surface area contributed by atoms with E-state index in [0.29, 0.717) is 18.5 Å². The van der Waals surface area contributed by atoms with Gasteiger partial charge >= 0.3 is 0 Å². The molecule has 0 radical (unpaired) electrons. The van der Waals surface area contributed by atoms with Crippen LogP contribution in [0.5, 0.6) is 0 Å². The molecule has 0 aliphatic heterocycles. The van der Waals surface area contributed by atoms with Crippen LogP contribution < -0.4 is 5.73 Å². The lowest BCUT2D eigenvalue weighted by atomic mass is 10.1. The minimum absolute atomic E-state index is 0.361. The highest BCUT2D eigenvalue weighted by atomic mass is 19.1. The molecule has 0 aliphatic carbocycles. The van der Waals surface area contributed by atoms with Crippen LogP contribution in [0.15, 0.2) is 23.0 Å². The van der Waals surface area contributed by atoms with Crippen LogP contribution in [0.1, 0.15) is 18.2 Å². The fourth-order valence-corrected chi connectivity index (χ4v) is 0.766. The van der Waals surface area contributed by atoms with Crippen LogP contribution in [0, 0.1) is 0 Å². The minimum atomic E-state index is -0.969. The van der Waals surface area contributed by atoms with E-state index in [2.05, 4.69) is 0 Å². The molecule has 56 valence electrons. The average Bonchev–Trinajstić information content (AvgIpc) is 2.38. The van der Waals surface area contributed by atoms with Gasteiger partial charge < -0.3 is 10.2 Å². The molecule has 0 saturated carbocycles. The van der Waals surface area contributed by atoms with Crippen LogP contribution in [0.25, 0.3) is 0 Å². The van der Waals surface area contributed by atoms with Gasteiger partial charge in [0.15, 0.2) is 0 Å². The summed E-state index contributed by atoms with van der Waals surface area (Å²) >= 11 is 0. The lowest BCUT2D eigenvalue weighted by Crippen LogP contribution is -2.02. The summed E-state index contributed by atoms with van der Waals surface area (Å²) < 4.78 is 17.5. The molecule has 1 heterocycles. The van der Waals surface area contributed by atoms with Gasteiger partial charge in [-0.05, 0) is 19.0 Å². The first kappa shape index (κ1) is 7.28. The monoisotopic (exact) mass is 143 g/mol. The van der Waals surface area contributed by atoms with Gasteiger partial charge in [-0.1, -0.05) is 0 Å². The van der Waals surface area contributed by atoms with Gasteiger partial charge in [-0.2, -0.15) is 0 Å². The highest BCUT2D eigenvalue weighted by molar-refractivity contribution is 5.08. The van der Waals surface area contributed by atoms with Gasteiger partial charge in [0.2, 0.25) is 0 Å². The quantitative estimate of drug-likeness (QED) is 0.698. The van der Waals surface area contributed by atoms with Crippen LogP contribution >= 0.6 is 0 Å². The van der Waals surface area contributed by atoms with E-state index in [1.54, 1.807) is 6.07 Å². The largest absolute Gasteiger partial charge is 0.472 e. The molecule has 0 aliphatic rings. The van der Waals surface area contributed by atoms with E-state index in [9.17, 15) is 4.39 Å². The maximum atomic E-state index is 12.8. The summed E-state index contributed by atoms with van der Waals surface area (Å²) in [6.07, 6.45) is 2.25. The van der Waals surface area contributed by atoms with E-state index in [1.165, 1.54) is 12.5 Å². The average molecular weight is 143 g/mol. The fourth-order valence-electron chi connectivity index (χ4n) is 0.766. The number of furan rings is 1. The molecule has 2 nitrogen and oxygen atoms in total. The summed E-state index contributed by atoms with van der Waals surface area (Å²) in [7, 11) is 0. The van der Waals surface area contributed by atoms with E-state index in [0.717, 1.165) is 0 Å². The molecular formula is C7H10FNO. The van der Waals surface area contributed by atoms with E-state index in [1.807, 2.05) is 0 Å². The number of alkyl halides is 1. The fraction of sp³-hybridized carbons (Fsp3) is 0.429. The molecule has 1 aromatic rings. The number of hydrogen-bond acceptors (Lipinski definition) is 2. The summed E-state index contributed by atoms with van der Waals surface area (Å²) in [5.41, 5.74) is 5.74. The third kappa shape index (κ3) is 1.57. The Morgan fingerprint density at radius 3 is 3.00 bits per heavy atom. The van der Waals surface area contributed by atoms with Gasteiger partial charge in [0.25, 0.3) is 0 Å². The van der Waals surface area contributed by atoms with Crippen LogP contribution in [0.4, 0.5) is 4.39 Å². The lowest BCUT2D eigenvalue weighted by Gasteiger charge is -2.00. The van der Waals surface area contributed by atoms with E-state index >= 15 is 0 Å². The van der Waals surface area contributed by atoms with Gasteiger partial charge in [-0.3, -0.25) is 0 Å². The first-order valence-electron chi connectivity index (χ1n) is 3.21. The molecule has 1 aromatic heterocycles. The topological polar surface area (TPSA) is 39.2 Å². The molecule has 0 aromatic carbocycles. The Morgan fingerprint density at radius 1 is 1.70 bits per heavy atom. The molecule has 0 spiro atoms. The van der Waals surface area contributed by atoms with Gasteiger partial charge in [0.1, 0.15) is 6.17 Å². The van der Waals surface area contributed by atoms with Crippen molar-refractivity contribution in [1.82, 2.24) is 0 Å². The molecule has 3 heteroatoms. The zero-order valence-electron chi connectivity index (χ0n) is 5.59. The molecule has 1 unspecified atom stereocenters. The lowest BCUT2D eigenvalue weighted by molar-refractivity contribution is 0.325. The number of hydrogen-bond donors (Lipinski definition) is 1. The molecule has 0 fully saturated rings. The SMILES string of the molecule is NCCC(F)c1ccoc1. The Balaban J connectivity index is 2.50. The van der Waals surface area contributed by atoms with E-state index in [4.69, 9.17) is 10.2 Å². The first-order valence-corrected chi connectivity index (χ1v) is 3.21. The maximum Gasteiger partial charge on any atom is 0.129 e. The number of rotatable bonds is 3. The molecule has 1 atom stereocenters. The molecule has 0 saturated heterocycles. The van der Waals surface area contributed by atoms with Gasteiger partial charge in [0, 0.05) is 5.56 Å². The van der Waals surface area contributed by atoms with Crippen molar-refractivity contribution >= 4 is 0 Å². The van der Waals surface area contributed by atoms with Crippen LogP contribution in [0.2, 0.25) is 0 Å². The van der Waals surface area contributed by atoms with Crippen molar-refractivity contribution in [3.63, 3.8) is 0 Å². The van der Waals surface area contributed by atoms with Crippen molar-refractivity contribution in [2.75, 3.05) is 6.54 Å². The maximum absolute atomic E-state index is 12.8. The predicted molar refractivity (Wildman–Crippen MR) is 36.2 cm³/mol. The third-order valence-electron chi connectivity index (χ3n) is 1.32. The number of nitrogens with two attached hydrogens (primary N) is 1. The predicted octanol–water partition coefficient (Wildman–Crippen LogP) is 1.64. The molecule has 0 amide bonds. The Labute approximate surface area is 58.8 Å². The van der Waals surface area contributed by atoms with E-state index < -0.39 is 6.17 Å². The summed E-state index contributed by atoms with van der Waals surface area (Å²) in [6.45, 7) is 0.367. The molecular weight excluding hydrogens is 133 g/mol. The minimum Gasteiger partial charge on any atom is -0.472 e. The van der Waals surface area contributed by atoms with E-state index in [-0.39, 0.29) is 0 Å². The van der Waals surface area contributed by atoms with Crippen molar-refractivity contribution in [1.29, 1.82) is 0 Å². The smallest absolute Gasteiger partial charge is 0.129 e. The van der Waals surface area contributed by atoms with Gasteiger partial charge in [-0.15, -0.1) is 0 Å². The summed E-state index contributed by atoms with van der Waals surface area (Å²) in [5.74, 6) is 0. The number of halogens is 1. The zero-order valence-corrected chi connectivity index (χ0v) is 5.59. The molecule has 0 bridgehead atoms. The Morgan fingerprint density at radius 2 is 2.50 bits per heavy atom. The first-order chi connectivity index (χ1) is 4.84. The van der Waals surface area contributed by atoms with Crippen molar-refractivity contribution in [3.8, 4) is 0 Å². The second-order valence-electron chi connectivity index (χ2n) is 2.10. The Kier molecular flexibility index (Phi) is 2.45. The summed E-state index contributed by atoms with van der Waals surface area (Å²) in [5, 5.41) is 0. The van der Waals surface area contributed by atoms with Gasteiger partial charge in [0.05, 0.1) is 12.5 Å². The van der Waals surface area contributed by atoms with Crippen LogP contribution in [-0.4, -0.2) is 6.54 Å². The Bertz CT molecular complexity index is 174. The second kappa shape index (κ2) is 3.37. The van der Waals surface area contributed by atoms with Crippen LogP contribution in [0.3, 0.4) is 0 Å². The van der Waals surface area contributed by atoms with Crippen molar-refractivity contribution in [2.45, 2.75) is 12.6 Å². The third-order valence-corrected chi connectivity index (χ3v) is 1.32. The highest BCUT2D eigenvalue weighted by Gasteiger charge is 2.08.